The maximum absolute atomic E-state index is 12.1. The molecule has 0 aliphatic carbocycles. The Bertz CT molecular complexity index is 1420. The maximum atomic E-state index is 12.1. The number of aryl methyl sites for hydroxylation is 1. The molecule has 10 nitrogen and oxygen atoms in total. The summed E-state index contributed by atoms with van der Waals surface area (Å²) in [5.41, 5.74) is 7.07. The van der Waals surface area contributed by atoms with E-state index in [9.17, 15) is 25.9 Å². The smallest absolute Gasteiger partial charge is 0.297 e. The molecule has 12 heteroatoms. The monoisotopic (exact) mass is 465 g/mol. The summed E-state index contributed by atoms with van der Waals surface area (Å²) in [6, 6.07) is 9.32. The molecule has 0 atom stereocenters. The Morgan fingerprint density at radius 1 is 0.935 bits per heavy atom. The van der Waals surface area contributed by atoms with Crippen LogP contribution in [0.25, 0.3) is 10.8 Å². The SMILES string of the molecule is CCOc1cc(N=Nc2ccc3ccc(S(=O)(=O)O)cc3c2S(=O)(=O)O)c(C)cc1N. The summed E-state index contributed by atoms with van der Waals surface area (Å²) in [7, 11) is -9.44. The van der Waals surface area contributed by atoms with Crippen molar-refractivity contribution in [3.05, 3.63) is 48.0 Å². The topological polar surface area (TPSA) is 169 Å². The van der Waals surface area contributed by atoms with Crippen LogP contribution in [0, 0.1) is 6.92 Å². The Morgan fingerprint density at radius 3 is 2.19 bits per heavy atom. The lowest BCUT2D eigenvalue weighted by atomic mass is 10.1. The second-order valence-electron chi connectivity index (χ2n) is 6.56. The van der Waals surface area contributed by atoms with Gasteiger partial charge >= 0.3 is 0 Å². The van der Waals surface area contributed by atoms with Crippen LogP contribution in [0.4, 0.5) is 17.1 Å². The van der Waals surface area contributed by atoms with Crippen molar-refractivity contribution >= 4 is 48.1 Å². The van der Waals surface area contributed by atoms with Crippen LogP contribution in [0.1, 0.15) is 12.5 Å². The highest BCUT2D eigenvalue weighted by Gasteiger charge is 2.22. The summed E-state index contributed by atoms with van der Waals surface area (Å²) in [4.78, 5) is -1.17. The molecule has 0 aliphatic heterocycles. The van der Waals surface area contributed by atoms with Gasteiger partial charge in [-0.1, -0.05) is 12.1 Å². The number of benzene rings is 3. The van der Waals surface area contributed by atoms with E-state index in [0.717, 1.165) is 12.1 Å². The van der Waals surface area contributed by atoms with Crippen LogP contribution < -0.4 is 10.5 Å². The van der Waals surface area contributed by atoms with E-state index in [0.29, 0.717) is 34.7 Å². The van der Waals surface area contributed by atoms with Gasteiger partial charge in [0.05, 0.1) is 22.9 Å². The van der Waals surface area contributed by atoms with Gasteiger partial charge in [0.1, 0.15) is 16.3 Å². The molecule has 3 rings (SSSR count). The van der Waals surface area contributed by atoms with E-state index in [1.165, 1.54) is 18.2 Å². The molecule has 0 heterocycles. The van der Waals surface area contributed by atoms with Gasteiger partial charge in [-0.05, 0) is 49.1 Å². The van der Waals surface area contributed by atoms with Crippen molar-refractivity contribution in [1.82, 2.24) is 0 Å². The van der Waals surface area contributed by atoms with Crippen molar-refractivity contribution in [1.29, 1.82) is 0 Å². The predicted molar refractivity (Wildman–Crippen MR) is 115 cm³/mol. The van der Waals surface area contributed by atoms with Gasteiger partial charge in [0.2, 0.25) is 0 Å². The normalized spacial score (nSPS) is 12.5. The first kappa shape index (κ1) is 22.6. The highest BCUT2D eigenvalue weighted by Crippen LogP contribution is 2.36. The third-order valence-electron chi connectivity index (χ3n) is 4.37. The maximum Gasteiger partial charge on any atom is 0.297 e. The van der Waals surface area contributed by atoms with Crippen LogP contribution in [0.15, 0.2) is 62.5 Å². The number of rotatable bonds is 6. The molecule has 0 aromatic heterocycles. The van der Waals surface area contributed by atoms with Crippen LogP contribution >= 0.6 is 0 Å². The zero-order chi connectivity index (χ0) is 23.0. The second kappa shape index (κ2) is 8.23. The number of hydrogen-bond donors (Lipinski definition) is 3. The van der Waals surface area contributed by atoms with Crippen molar-refractivity contribution in [3.63, 3.8) is 0 Å². The van der Waals surface area contributed by atoms with Gasteiger partial charge in [0.25, 0.3) is 20.2 Å². The molecule has 0 radical (unpaired) electrons. The summed E-state index contributed by atoms with van der Waals surface area (Å²) in [5.74, 6) is 0.383. The van der Waals surface area contributed by atoms with Crippen LogP contribution in [-0.2, 0) is 20.2 Å². The second-order valence-corrected chi connectivity index (χ2v) is 9.34. The van der Waals surface area contributed by atoms with E-state index >= 15 is 0 Å². The fourth-order valence-corrected chi connectivity index (χ4v) is 4.30. The number of hydrogen-bond acceptors (Lipinski definition) is 8. The molecule has 0 unspecified atom stereocenters. The molecule has 0 bridgehead atoms. The van der Waals surface area contributed by atoms with Gasteiger partial charge in [0, 0.05) is 11.5 Å². The number of azo groups is 1. The van der Waals surface area contributed by atoms with Gasteiger partial charge in [0.15, 0.2) is 0 Å². The molecule has 0 amide bonds. The first-order valence-corrected chi connectivity index (χ1v) is 11.8. The summed E-state index contributed by atoms with van der Waals surface area (Å²) in [6.07, 6.45) is 0. The van der Waals surface area contributed by atoms with Crippen LogP contribution in [-0.4, -0.2) is 32.5 Å². The quantitative estimate of drug-likeness (QED) is 0.278. The Morgan fingerprint density at radius 2 is 1.58 bits per heavy atom. The molecule has 0 fully saturated rings. The van der Waals surface area contributed by atoms with E-state index in [-0.39, 0.29) is 11.1 Å². The molecule has 0 saturated carbocycles. The Balaban J connectivity index is 2.22. The molecule has 164 valence electrons. The highest BCUT2D eigenvalue weighted by molar-refractivity contribution is 7.86. The Kier molecular flexibility index (Phi) is 6.00. The summed E-state index contributed by atoms with van der Waals surface area (Å²) in [6.45, 7) is 3.88. The van der Waals surface area contributed by atoms with Gasteiger partial charge in [-0.3, -0.25) is 9.11 Å². The van der Waals surface area contributed by atoms with Crippen molar-refractivity contribution in [2.45, 2.75) is 23.6 Å². The predicted octanol–water partition coefficient (Wildman–Crippen LogP) is 4.04. The zero-order valence-electron chi connectivity index (χ0n) is 16.5. The first-order valence-electron chi connectivity index (χ1n) is 8.88. The molecule has 3 aromatic rings. The fourth-order valence-electron chi connectivity index (χ4n) is 2.97. The number of ether oxygens (including phenoxy) is 1. The number of fused-ring (bicyclic) bond motifs is 1. The lowest BCUT2D eigenvalue weighted by Gasteiger charge is -2.10. The third-order valence-corrected chi connectivity index (χ3v) is 6.17. The minimum absolute atomic E-state index is 0.141. The van der Waals surface area contributed by atoms with E-state index in [1.54, 1.807) is 26.0 Å². The zero-order valence-corrected chi connectivity index (χ0v) is 18.1. The Labute approximate surface area is 178 Å². The fraction of sp³-hybridized carbons (Fsp3) is 0.158. The number of nitrogen functional groups attached to an aromatic ring is 1. The van der Waals surface area contributed by atoms with Crippen molar-refractivity contribution < 1.29 is 30.7 Å². The summed E-state index contributed by atoms with van der Waals surface area (Å²) in [5, 5.41) is 8.18. The minimum Gasteiger partial charge on any atom is -0.492 e. The van der Waals surface area contributed by atoms with Gasteiger partial charge in [-0.15, -0.1) is 5.11 Å². The third kappa shape index (κ3) is 4.82. The van der Waals surface area contributed by atoms with Crippen LogP contribution in [0.3, 0.4) is 0 Å². The number of nitrogens with two attached hydrogens (primary N) is 1. The van der Waals surface area contributed by atoms with Gasteiger partial charge < -0.3 is 10.5 Å². The van der Waals surface area contributed by atoms with E-state index < -0.39 is 30.0 Å². The number of anilines is 1. The summed E-state index contributed by atoms with van der Waals surface area (Å²) < 4.78 is 71.6. The molecular weight excluding hydrogens is 446 g/mol. The van der Waals surface area contributed by atoms with Crippen molar-refractivity contribution in [3.8, 4) is 5.75 Å². The van der Waals surface area contributed by atoms with Gasteiger partial charge in [-0.2, -0.15) is 21.9 Å². The van der Waals surface area contributed by atoms with Crippen molar-refractivity contribution in [2.75, 3.05) is 12.3 Å². The van der Waals surface area contributed by atoms with Crippen LogP contribution in [0.5, 0.6) is 5.75 Å². The van der Waals surface area contributed by atoms with E-state index in [4.69, 9.17) is 10.5 Å². The number of nitrogens with zero attached hydrogens (tertiary/aromatic N) is 2. The van der Waals surface area contributed by atoms with Crippen LogP contribution in [0.2, 0.25) is 0 Å². The lowest BCUT2D eigenvalue weighted by Crippen LogP contribution is -2.02. The molecule has 4 N–H and O–H groups in total. The van der Waals surface area contributed by atoms with E-state index in [2.05, 4.69) is 10.2 Å². The molecule has 31 heavy (non-hydrogen) atoms. The summed E-state index contributed by atoms with van der Waals surface area (Å²) >= 11 is 0. The molecule has 0 aliphatic rings. The Hall–Kier alpha value is -3.06. The standard InChI is InChI=1S/C19H19N3O7S2/c1-3-29-18-10-17(11(2)8-15(18)20)22-21-16-7-5-12-4-6-13(30(23,24)25)9-14(12)19(16)31(26,27)28/h4-10H,3,20H2,1-2H3,(H,23,24,25)(H,26,27,28). The minimum atomic E-state index is -4.84. The molecule has 0 spiro atoms. The molecular formula is C19H19N3O7S2. The largest absolute Gasteiger partial charge is 0.492 e. The average molecular weight is 466 g/mol. The van der Waals surface area contributed by atoms with Gasteiger partial charge in [-0.25, -0.2) is 0 Å². The molecule has 3 aromatic carbocycles. The highest BCUT2D eigenvalue weighted by atomic mass is 32.2. The first-order chi connectivity index (χ1) is 14.4. The lowest BCUT2D eigenvalue weighted by molar-refractivity contribution is 0.342. The molecule has 0 saturated heterocycles. The van der Waals surface area contributed by atoms with Crippen molar-refractivity contribution in [2.24, 2.45) is 10.2 Å². The average Bonchev–Trinajstić information content (AvgIpc) is 2.66. The van der Waals surface area contributed by atoms with E-state index in [1.807, 2.05) is 0 Å².